The van der Waals surface area contributed by atoms with Crippen molar-refractivity contribution in [3.8, 4) is 17.2 Å². The molecule has 0 atom stereocenters. The maximum absolute atomic E-state index is 13.2. The molecule has 164 valence electrons. The van der Waals surface area contributed by atoms with Crippen molar-refractivity contribution in [2.24, 2.45) is 0 Å². The van der Waals surface area contributed by atoms with Crippen LogP contribution in [0.25, 0.3) is 11.1 Å². The van der Waals surface area contributed by atoms with Crippen molar-refractivity contribution in [3.05, 3.63) is 89.7 Å². The molecule has 0 aliphatic carbocycles. The van der Waals surface area contributed by atoms with Gasteiger partial charge in [-0.1, -0.05) is 42.5 Å². The van der Waals surface area contributed by atoms with Gasteiger partial charge in [-0.15, -0.1) is 0 Å². The number of hydrogen-bond donors (Lipinski definition) is 0. The molecule has 3 aromatic rings. The fourth-order valence-corrected chi connectivity index (χ4v) is 5.45. The lowest BCUT2D eigenvalue weighted by Crippen LogP contribution is -2.35. The Morgan fingerprint density at radius 3 is 2.31 bits per heavy atom. The van der Waals surface area contributed by atoms with Crippen molar-refractivity contribution in [1.82, 2.24) is 9.21 Å². The van der Waals surface area contributed by atoms with Gasteiger partial charge in [0.1, 0.15) is 5.82 Å². The van der Waals surface area contributed by atoms with E-state index in [4.69, 9.17) is 0 Å². The predicted octanol–water partition coefficient (Wildman–Crippen LogP) is 4.26. The molecule has 0 spiro atoms. The first-order valence-corrected chi connectivity index (χ1v) is 12.0. The number of rotatable bonds is 5. The topological polar surface area (TPSA) is 64.4 Å². The summed E-state index contributed by atoms with van der Waals surface area (Å²) in [5.41, 5.74) is 3.70. The highest BCUT2D eigenvalue weighted by Crippen LogP contribution is 2.24. The van der Waals surface area contributed by atoms with E-state index in [1.165, 1.54) is 28.6 Å². The molecule has 0 N–H and O–H groups in total. The number of hydrogen-bond acceptors (Lipinski definition) is 4. The maximum atomic E-state index is 13.2. The molecule has 7 heteroatoms. The van der Waals surface area contributed by atoms with Crippen LogP contribution in [0.15, 0.2) is 77.7 Å². The van der Waals surface area contributed by atoms with Gasteiger partial charge in [0.25, 0.3) is 0 Å². The van der Waals surface area contributed by atoms with Crippen LogP contribution in [-0.2, 0) is 16.6 Å². The molecule has 3 aromatic carbocycles. The number of nitriles is 1. The maximum Gasteiger partial charge on any atom is 0.243 e. The first kappa shape index (κ1) is 22.2. The normalized spacial score (nSPS) is 15.8. The first-order chi connectivity index (χ1) is 15.5. The lowest BCUT2D eigenvalue weighted by atomic mass is 9.99. The van der Waals surface area contributed by atoms with Gasteiger partial charge in [0.2, 0.25) is 10.0 Å². The molecule has 1 fully saturated rings. The third-order valence-corrected chi connectivity index (χ3v) is 7.63. The molecule has 32 heavy (non-hydrogen) atoms. The third kappa shape index (κ3) is 4.89. The van der Waals surface area contributed by atoms with Crippen LogP contribution in [0.4, 0.5) is 4.39 Å². The van der Waals surface area contributed by atoms with E-state index >= 15 is 0 Å². The molecule has 1 aliphatic rings. The predicted molar refractivity (Wildman–Crippen MR) is 122 cm³/mol. The minimum absolute atomic E-state index is 0.126. The van der Waals surface area contributed by atoms with E-state index in [-0.39, 0.29) is 4.90 Å². The van der Waals surface area contributed by atoms with Gasteiger partial charge in [-0.3, -0.25) is 4.90 Å². The van der Waals surface area contributed by atoms with Crippen LogP contribution in [0.5, 0.6) is 0 Å². The number of halogens is 1. The van der Waals surface area contributed by atoms with Crippen LogP contribution in [0.3, 0.4) is 0 Å². The summed E-state index contributed by atoms with van der Waals surface area (Å²) in [6, 6.07) is 22.9. The van der Waals surface area contributed by atoms with Crippen LogP contribution in [-0.4, -0.2) is 43.8 Å². The molecular weight excluding hydrogens is 425 g/mol. The Morgan fingerprint density at radius 1 is 0.875 bits per heavy atom. The molecule has 0 amide bonds. The summed E-state index contributed by atoms with van der Waals surface area (Å²) in [6.45, 7) is 2.99. The smallest absolute Gasteiger partial charge is 0.243 e. The Hall–Kier alpha value is -3.05. The summed E-state index contributed by atoms with van der Waals surface area (Å²) in [4.78, 5) is 2.37. The Labute approximate surface area is 188 Å². The van der Waals surface area contributed by atoms with Crippen LogP contribution < -0.4 is 0 Å². The first-order valence-electron chi connectivity index (χ1n) is 10.5. The Kier molecular flexibility index (Phi) is 6.66. The highest BCUT2D eigenvalue weighted by Gasteiger charge is 2.26. The van der Waals surface area contributed by atoms with E-state index < -0.39 is 15.8 Å². The number of benzene rings is 3. The molecule has 0 aromatic heterocycles. The summed E-state index contributed by atoms with van der Waals surface area (Å²) >= 11 is 0. The van der Waals surface area contributed by atoms with Crippen molar-refractivity contribution in [3.63, 3.8) is 0 Å². The summed E-state index contributed by atoms with van der Waals surface area (Å²) in [5.74, 6) is -0.451. The summed E-state index contributed by atoms with van der Waals surface area (Å²) in [7, 11) is -3.63. The SMILES string of the molecule is N#Cc1ccccc1-c1ccc(CN2CCCN(S(=O)(=O)c3ccc(F)cc3)CC2)cc1. The highest BCUT2D eigenvalue weighted by atomic mass is 32.2. The van der Waals surface area contributed by atoms with Crippen LogP contribution in [0.2, 0.25) is 0 Å². The number of nitrogens with zero attached hydrogens (tertiary/aromatic N) is 3. The second-order valence-electron chi connectivity index (χ2n) is 7.84. The van der Waals surface area contributed by atoms with E-state index in [9.17, 15) is 18.1 Å². The zero-order valence-corrected chi connectivity index (χ0v) is 18.4. The molecule has 1 aliphatic heterocycles. The molecule has 4 rings (SSSR count). The molecule has 1 saturated heterocycles. The molecule has 1 heterocycles. The van der Waals surface area contributed by atoms with Crippen molar-refractivity contribution >= 4 is 10.0 Å². The van der Waals surface area contributed by atoms with Gasteiger partial charge in [-0.05, 0) is 60.0 Å². The highest BCUT2D eigenvalue weighted by molar-refractivity contribution is 7.89. The molecule has 0 radical (unpaired) electrons. The van der Waals surface area contributed by atoms with Crippen LogP contribution in [0.1, 0.15) is 17.5 Å². The second-order valence-corrected chi connectivity index (χ2v) is 9.78. The van der Waals surface area contributed by atoms with Crippen LogP contribution in [0, 0.1) is 17.1 Å². The summed E-state index contributed by atoms with van der Waals surface area (Å²) < 4.78 is 40.5. The van der Waals surface area contributed by atoms with E-state index in [0.717, 1.165) is 36.2 Å². The zero-order chi connectivity index (χ0) is 22.6. The second kappa shape index (κ2) is 9.61. The standard InChI is InChI=1S/C25H24FN3O2S/c26-23-10-12-24(13-11-23)32(30,31)29-15-3-14-28(16-17-29)19-20-6-8-21(9-7-20)25-5-2-1-4-22(25)18-27/h1-2,4-13H,3,14-17,19H2. The average molecular weight is 450 g/mol. The molecular formula is C25H24FN3O2S. The lowest BCUT2D eigenvalue weighted by Gasteiger charge is -2.22. The molecule has 0 unspecified atom stereocenters. The zero-order valence-electron chi connectivity index (χ0n) is 17.6. The summed E-state index contributed by atoms with van der Waals surface area (Å²) in [5, 5.41) is 9.32. The average Bonchev–Trinajstić information content (AvgIpc) is 3.06. The van der Waals surface area contributed by atoms with Gasteiger partial charge in [0, 0.05) is 26.2 Å². The minimum Gasteiger partial charge on any atom is -0.298 e. The van der Waals surface area contributed by atoms with E-state index in [1.807, 2.05) is 36.4 Å². The lowest BCUT2D eigenvalue weighted by molar-refractivity contribution is 0.278. The molecule has 0 saturated carbocycles. The van der Waals surface area contributed by atoms with Gasteiger partial charge < -0.3 is 0 Å². The Bertz CT molecular complexity index is 1220. The van der Waals surface area contributed by atoms with Gasteiger partial charge in [-0.2, -0.15) is 9.57 Å². The molecule has 5 nitrogen and oxygen atoms in total. The Morgan fingerprint density at radius 2 is 1.59 bits per heavy atom. The fourth-order valence-electron chi connectivity index (χ4n) is 3.98. The van der Waals surface area contributed by atoms with E-state index in [2.05, 4.69) is 23.1 Å². The van der Waals surface area contributed by atoms with Crippen molar-refractivity contribution in [2.75, 3.05) is 26.2 Å². The minimum atomic E-state index is -3.63. The van der Waals surface area contributed by atoms with Gasteiger partial charge in [-0.25, -0.2) is 12.8 Å². The van der Waals surface area contributed by atoms with E-state index in [0.29, 0.717) is 25.2 Å². The summed E-state index contributed by atoms with van der Waals surface area (Å²) in [6.07, 6.45) is 0.730. The van der Waals surface area contributed by atoms with Crippen molar-refractivity contribution < 1.29 is 12.8 Å². The largest absolute Gasteiger partial charge is 0.298 e. The van der Waals surface area contributed by atoms with Gasteiger partial charge in [0.05, 0.1) is 16.5 Å². The number of sulfonamides is 1. The molecule has 0 bridgehead atoms. The quantitative estimate of drug-likeness (QED) is 0.584. The van der Waals surface area contributed by atoms with E-state index in [1.54, 1.807) is 0 Å². The fraction of sp³-hybridized carbons (Fsp3) is 0.240. The van der Waals surface area contributed by atoms with Crippen LogP contribution >= 0.6 is 0 Å². The van der Waals surface area contributed by atoms with Crippen molar-refractivity contribution in [2.45, 2.75) is 17.9 Å². The monoisotopic (exact) mass is 449 g/mol. The third-order valence-electron chi connectivity index (χ3n) is 5.72. The Balaban J connectivity index is 1.41. The van der Waals surface area contributed by atoms with Gasteiger partial charge >= 0.3 is 0 Å². The van der Waals surface area contributed by atoms with Gasteiger partial charge in [0.15, 0.2) is 0 Å². The van der Waals surface area contributed by atoms with Crippen molar-refractivity contribution in [1.29, 1.82) is 5.26 Å².